The third kappa shape index (κ3) is 3.68. The molecule has 0 radical (unpaired) electrons. The monoisotopic (exact) mass is 244 g/mol. The first-order chi connectivity index (χ1) is 7.15. The predicted molar refractivity (Wildman–Crippen MR) is 69.2 cm³/mol. The van der Waals surface area contributed by atoms with Gasteiger partial charge in [-0.3, -0.25) is 0 Å². The van der Waals surface area contributed by atoms with Crippen LogP contribution < -0.4 is 11.1 Å². The molecule has 0 saturated carbocycles. The lowest BCUT2D eigenvalue weighted by atomic mass is 10.1. The van der Waals surface area contributed by atoms with Gasteiger partial charge in [0.05, 0.1) is 0 Å². The number of thiocarbonyl (C=S) groups is 1. The Balaban J connectivity index is 2.81. The summed E-state index contributed by atoms with van der Waals surface area (Å²) in [5.74, 6) is 0.655. The van der Waals surface area contributed by atoms with Gasteiger partial charge in [-0.05, 0) is 24.5 Å². The van der Waals surface area contributed by atoms with Crippen LogP contribution in [-0.2, 0) is 0 Å². The minimum absolute atomic E-state index is 0.209. The maximum Gasteiger partial charge on any atom is 0.124 e. The molecule has 0 bridgehead atoms. The van der Waals surface area contributed by atoms with Crippen LogP contribution in [0.1, 0.15) is 5.56 Å². The molecule has 0 heterocycles. The molecule has 1 aromatic rings. The lowest BCUT2D eigenvalue weighted by Crippen LogP contribution is -2.14. The van der Waals surface area contributed by atoms with E-state index in [9.17, 15) is 4.39 Å². The number of nitrogens with one attached hydrogen (secondary N) is 1. The smallest absolute Gasteiger partial charge is 0.124 e. The van der Waals surface area contributed by atoms with Gasteiger partial charge in [0, 0.05) is 23.5 Å². The van der Waals surface area contributed by atoms with Gasteiger partial charge >= 0.3 is 0 Å². The van der Waals surface area contributed by atoms with Gasteiger partial charge in [0.2, 0.25) is 0 Å². The topological polar surface area (TPSA) is 38.0 Å². The van der Waals surface area contributed by atoms with Crippen LogP contribution >= 0.6 is 24.0 Å². The zero-order valence-electron chi connectivity index (χ0n) is 8.42. The fraction of sp³-hybridized carbons (Fsp3) is 0.300. The molecule has 3 N–H and O–H groups in total. The van der Waals surface area contributed by atoms with Crippen LogP contribution in [0.4, 0.5) is 10.1 Å². The summed E-state index contributed by atoms with van der Waals surface area (Å²) in [7, 11) is 0. The van der Waals surface area contributed by atoms with Crippen molar-refractivity contribution in [2.24, 2.45) is 5.73 Å². The second kappa shape index (κ2) is 5.92. The van der Waals surface area contributed by atoms with Gasteiger partial charge in [-0.15, -0.1) is 0 Å². The SMILES string of the molecule is CSCCNc1ccc(F)cc1C(N)=S. The average Bonchev–Trinajstić information content (AvgIpc) is 2.20. The molecule has 1 rings (SSSR count). The van der Waals surface area contributed by atoms with Crippen molar-refractivity contribution >= 4 is 34.7 Å². The first-order valence-electron chi connectivity index (χ1n) is 4.47. The first-order valence-corrected chi connectivity index (χ1v) is 6.27. The number of thioether (sulfide) groups is 1. The largest absolute Gasteiger partial charge is 0.389 e. The molecule has 0 fully saturated rings. The molecule has 0 atom stereocenters. The number of rotatable bonds is 5. The summed E-state index contributed by atoms with van der Waals surface area (Å²) in [6, 6.07) is 4.40. The minimum Gasteiger partial charge on any atom is -0.389 e. The van der Waals surface area contributed by atoms with E-state index in [-0.39, 0.29) is 10.8 Å². The summed E-state index contributed by atoms with van der Waals surface area (Å²) in [6.45, 7) is 0.808. The van der Waals surface area contributed by atoms with Crippen molar-refractivity contribution in [1.82, 2.24) is 0 Å². The van der Waals surface area contributed by atoms with Crippen LogP contribution in [-0.4, -0.2) is 23.5 Å². The van der Waals surface area contributed by atoms with Crippen molar-refractivity contribution in [3.8, 4) is 0 Å². The minimum atomic E-state index is -0.326. The fourth-order valence-electron chi connectivity index (χ4n) is 1.16. The highest BCUT2D eigenvalue weighted by Gasteiger charge is 2.05. The van der Waals surface area contributed by atoms with Crippen LogP contribution in [0.2, 0.25) is 0 Å². The van der Waals surface area contributed by atoms with Crippen LogP contribution in [0.5, 0.6) is 0 Å². The van der Waals surface area contributed by atoms with Gasteiger partial charge in [0.15, 0.2) is 0 Å². The predicted octanol–water partition coefficient (Wildman–Crippen LogP) is 2.23. The summed E-state index contributed by atoms with van der Waals surface area (Å²) >= 11 is 6.59. The molecular formula is C10H13FN2S2. The number of halogens is 1. The Kier molecular flexibility index (Phi) is 4.84. The highest BCUT2D eigenvalue weighted by atomic mass is 32.2. The molecular weight excluding hydrogens is 231 g/mol. The summed E-state index contributed by atoms with van der Waals surface area (Å²) in [5.41, 5.74) is 6.86. The Bertz CT molecular complexity index is 355. The van der Waals surface area contributed by atoms with E-state index in [2.05, 4.69) is 5.32 Å². The standard InChI is InChI=1S/C10H13FN2S2/c1-15-5-4-13-9-3-2-7(11)6-8(9)10(12)14/h2-3,6,13H,4-5H2,1H3,(H2,12,14). The number of benzene rings is 1. The fourth-order valence-corrected chi connectivity index (χ4v) is 1.64. The van der Waals surface area contributed by atoms with E-state index in [1.54, 1.807) is 17.8 Å². The third-order valence-corrected chi connectivity index (χ3v) is 2.70. The zero-order valence-corrected chi connectivity index (χ0v) is 10.1. The molecule has 0 aliphatic heterocycles. The van der Waals surface area contributed by atoms with E-state index in [0.717, 1.165) is 18.0 Å². The number of nitrogens with two attached hydrogens (primary N) is 1. The number of anilines is 1. The molecule has 2 nitrogen and oxygen atoms in total. The lowest BCUT2D eigenvalue weighted by molar-refractivity contribution is 0.627. The third-order valence-electron chi connectivity index (χ3n) is 1.87. The summed E-state index contributed by atoms with van der Waals surface area (Å²) in [5, 5.41) is 3.17. The molecule has 5 heteroatoms. The van der Waals surface area contributed by atoms with E-state index in [1.807, 2.05) is 6.26 Å². The van der Waals surface area contributed by atoms with Gasteiger partial charge in [-0.2, -0.15) is 11.8 Å². The molecule has 1 aromatic carbocycles. The normalized spacial score (nSPS) is 10.0. The second-order valence-corrected chi connectivity index (χ2v) is 4.40. The van der Waals surface area contributed by atoms with Crippen molar-refractivity contribution in [2.75, 3.05) is 23.9 Å². The van der Waals surface area contributed by atoms with Gasteiger partial charge in [0.25, 0.3) is 0 Å². The molecule has 0 aliphatic carbocycles. The Hall–Kier alpha value is -0.810. The zero-order chi connectivity index (χ0) is 11.3. The summed E-state index contributed by atoms with van der Waals surface area (Å²) < 4.78 is 12.9. The lowest BCUT2D eigenvalue weighted by Gasteiger charge is -2.10. The summed E-state index contributed by atoms with van der Waals surface area (Å²) in [4.78, 5) is 0.209. The van der Waals surface area contributed by atoms with Gasteiger partial charge < -0.3 is 11.1 Å². The van der Waals surface area contributed by atoms with Crippen LogP contribution in [0.3, 0.4) is 0 Å². The molecule has 15 heavy (non-hydrogen) atoms. The summed E-state index contributed by atoms with van der Waals surface area (Å²) in [6.07, 6.45) is 2.03. The van der Waals surface area contributed by atoms with Crippen molar-refractivity contribution in [3.63, 3.8) is 0 Å². The number of hydrogen-bond donors (Lipinski definition) is 2. The van der Waals surface area contributed by atoms with E-state index in [4.69, 9.17) is 18.0 Å². The van der Waals surface area contributed by atoms with Gasteiger partial charge in [0.1, 0.15) is 10.8 Å². The van der Waals surface area contributed by atoms with Gasteiger partial charge in [-0.25, -0.2) is 4.39 Å². The van der Waals surface area contributed by atoms with Crippen molar-refractivity contribution in [2.45, 2.75) is 0 Å². The highest BCUT2D eigenvalue weighted by molar-refractivity contribution is 7.98. The Labute approximate surface area is 98.4 Å². The average molecular weight is 244 g/mol. The first kappa shape index (κ1) is 12.3. The molecule has 0 aliphatic rings. The van der Waals surface area contributed by atoms with Crippen molar-refractivity contribution in [3.05, 3.63) is 29.6 Å². The van der Waals surface area contributed by atoms with Crippen molar-refractivity contribution in [1.29, 1.82) is 0 Å². The molecule has 0 amide bonds. The second-order valence-electron chi connectivity index (χ2n) is 2.97. The molecule has 0 unspecified atom stereocenters. The van der Waals surface area contributed by atoms with E-state index < -0.39 is 0 Å². The number of hydrogen-bond acceptors (Lipinski definition) is 3. The maximum absolute atomic E-state index is 12.9. The quantitative estimate of drug-likeness (QED) is 0.615. The Morgan fingerprint density at radius 2 is 2.33 bits per heavy atom. The maximum atomic E-state index is 12.9. The van der Waals surface area contributed by atoms with E-state index in [0.29, 0.717) is 5.56 Å². The molecule has 82 valence electrons. The molecule has 0 saturated heterocycles. The molecule has 0 spiro atoms. The van der Waals surface area contributed by atoms with Crippen LogP contribution in [0, 0.1) is 5.82 Å². The van der Waals surface area contributed by atoms with E-state index >= 15 is 0 Å². The van der Waals surface area contributed by atoms with Crippen LogP contribution in [0.25, 0.3) is 0 Å². The van der Waals surface area contributed by atoms with Crippen molar-refractivity contribution < 1.29 is 4.39 Å². The Morgan fingerprint density at radius 1 is 1.60 bits per heavy atom. The van der Waals surface area contributed by atoms with E-state index in [1.165, 1.54) is 12.1 Å². The van der Waals surface area contributed by atoms with Crippen LogP contribution in [0.15, 0.2) is 18.2 Å². The highest BCUT2D eigenvalue weighted by Crippen LogP contribution is 2.16. The Morgan fingerprint density at radius 3 is 2.93 bits per heavy atom. The molecule has 0 aromatic heterocycles. The van der Waals surface area contributed by atoms with Gasteiger partial charge in [-0.1, -0.05) is 12.2 Å².